The molecule has 10 nitrogen and oxygen atoms in total. The van der Waals surface area contributed by atoms with E-state index < -0.39 is 16.9 Å². The number of nitro benzene ring substituents is 1. The Morgan fingerprint density at radius 2 is 1.79 bits per heavy atom. The van der Waals surface area contributed by atoms with E-state index in [1.54, 1.807) is 32.2 Å². The summed E-state index contributed by atoms with van der Waals surface area (Å²) >= 11 is 0. The van der Waals surface area contributed by atoms with Crippen molar-refractivity contribution < 1.29 is 28.7 Å². The Hall–Kier alpha value is -3.82. The van der Waals surface area contributed by atoms with Gasteiger partial charge in [-0.2, -0.15) is 0 Å². The molecule has 0 spiro atoms. The van der Waals surface area contributed by atoms with Crippen molar-refractivity contribution in [2.45, 2.75) is 39.4 Å². The molecule has 0 bridgehead atoms. The van der Waals surface area contributed by atoms with Gasteiger partial charge in [0.15, 0.2) is 6.61 Å². The minimum Gasteiger partial charge on any atom is -0.497 e. The highest BCUT2D eigenvalue weighted by Gasteiger charge is 2.27. The van der Waals surface area contributed by atoms with Crippen molar-refractivity contribution >= 4 is 17.5 Å². The lowest BCUT2D eigenvalue weighted by atomic mass is 10.1. The molecule has 0 aliphatic heterocycles. The fraction of sp³-hybridized carbons (Fsp3) is 0.391. The topological polar surface area (TPSA) is 120 Å². The van der Waals surface area contributed by atoms with Gasteiger partial charge >= 0.3 is 5.69 Å². The summed E-state index contributed by atoms with van der Waals surface area (Å²) in [6.45, 7) is 5.11. The summed E-state index contributed by atoms with van der Waals surface area (Å²) in [7, 11) is 2.86. The average molecular weight is 459 g/mol. The summed E-state index contributed by atoms with van der Waals surface area (Å²) in [6.07, 6.45) is 0. The number of nitro groups is 1. The van der Waals surface area contributed by atoms with Crippen LogP contribution in [0.2, 0.25) is 0 Å². The zero-order chi connectivity index (χ0) is 24.5. The van der Waals surface area contributed by atoms with Crippen LogP contribution in [0, 0.1) is 10.1 Å². The molecule has 10 heteroatoms. The van der Waals surface area contributed by atoms with Crippen molar-refractivity contribution in [3.63, 3.8) is 0 Å². The van der Waals surface area contributed by atoms with E-state index in [0.29, 0.717) is 5.75 Å². The lowest BCUT2D eigenvalue weighted by Gasteiger charge is -2.29. The maximum atomic E-state index is 13.1. The van der Waals surface area contributed by atoms with E-state index in [9.17, 15) is 19.7 Å². The molecule has 0 fully saturated rings. The summed E-state index contributed by atoms with van der Waals surface area (Å²) in [6, 6.07) is 10.3. The molecule has 2 amide bonds. The largest absolute Gasteiger partial charge is 0.497 e. The molecular formula is C23H29N3O7. The van der Waals surface area contributed by atoms with Gasteiger partial charge in [-0.25, -0.2) is 0 Å². The first-order valence-electron chi connectivity index (χ1n) is 10.3. The lowest BCUT2D eigenvalue weighted by Crippen LogP contribution is -2.50. The number of hydrogen-bond donors (Lipinski definition) is 1. The molecule has 1 atom stereocenters. The van der Waals surface area contributed by atoms with Crippen LogP contribution in [0.25, 0.3) is 0 Å². The van der Waals surface area contributed by atoms with Crippen LogP contribution in [0.1, 0.15) is 26.3 Å². The highest BCUT2D eigenvalue weighted by atomic mass is 16.6. The van der Waals surface area contributed by atoms with Gasteiger partial charge in [-0.3, -0.25) is 19.7 Å². The molecule has 0 radical (unpaired) electrons. The van der Waals surface area contributed by atoms with Gasteiger partial charge in [-0.15, -0.1) is 0 Å². The van der Waals surface area contributed by atoms with Gasteiger partial charge in [0.05, 0.1) is 19.1 Å². The fourth-order valence-electron chi connectivity index (χ4n) is 3.08. The minimum absolute atomic E-state index is 0.0165. The molecule has 0 aliphatic carbocycles. The minimum atomic E-state index is -0.763. The van der Waals surface area contributed by atoms with Crippen molar-refractivity contribution in [1.29, 1.82) is 0 Å². The molecule has 0 saturated carbocycles. The Morgan fingerprint density at radius 3 is 2.39 bits per heavy atom. The van der Waals surface area contributed by atoms with Gasteiger partial charge in [-0.05, 0) is 44.5 Å². The monoisotopic (exact) mass is 459 g/mol. The third kappa shape index (κ3) is 7.09. The van der Waals surface area contributed by atoms with Crippen molar-refractivity contribution in [3.8, 4) is 17.2 Å². The quantitative estimate of drug-likeness (QED) is 0.405. The predicted octanol–water partition coefficient (Wildman–Crippen LogP) is 2.93. The van der Waals surface area contributed by atoms with Crippen molar-refractivity contribution in [2.24, 2.45) is 0 Å². The standard InChI is InChI=1S/C23H29N3O7/c1-15(2)24-23(28)16(3)25(13-17-7-6-8-18(11-17)31-4)22(27)14-33-19-9-10-20(26(29)30)21(12-19)32-5/h6-12,15-16H,13-14H2,1-5H3,(H,24,28)/t16-/m1/s1. The molecule has 0 heterocycles. The SMILES string of the molecule is COc1cccc(CN(C(=O)COc2ccc([N+](=O)[O-])c(OC)c2)[C@H](C)C(=O)NC(C)C)c1. The number of hydrogen-bond acceptors (Lipinski definition) is 7. The number of carbonyl (C=O) groups excluding carboxylic acids is 2. The van der Waals surface area contributed by atoms with E-state index in [0.717, 1.165) is 5.56 Å². The van der Waals surface area contributed by atoms with Gasteiger partial charge in [-0.1, -0.05) is 12.1 Å². The van der Waals surface area contributed by atoms with Gasteiger partial charge in [0.2, 0.25) is 11.7 Å². The van der Waals surface area contributed by atoms with E-state index >= 15 is 0 Å². The van der Waals surface area contributed by atoms with Gasteiger partial charge in [0, 0.05) is 24.7 Å². The van der Waals surface area contributed by atoms with E-state index in [1.165, 1.54) is 30.2 Å². The Bertz CT molecular complexity index is 994. The number of methoxy groups -OCH3 is 2. The van der Waals surface area contributed by atoms with Crippen LogP contribution in [0.5, 0.6) is 17.2 Å². The Morgan fingerprint density at radius 1 is 1.06 bits per heavy atom. The molecule has 1 N–H and O–H groups in total. The number of amides is 2. The van der Waals surface area contributed by atoms with E-state index in [2.05, 4.69) is 5.32 Å². The maximum Gasteiger partial charge on any atom is 0.311 e. The third-order valence-electron chi connectivity index (χ3n) is 4.80. The Balaban J connectivity index is 2.21. The molecule has 178 valence electrons. The molecule has 2 aromatic carbocycles. The number of benzene rings is 2. The van der Waals surface area contributed by atoms with Crippen LogP contribution in [-0.4, -0.2) is 54.5 Å². The van der Waals surface area contributed by atoms with Crippen LogP contribution < -0.4 is 19.5 Å². The maximum absolute atomic E-state index is 13.1. The summed E-state index contributed by atoms with van der Waals surface area (Å²) in [4.78, 5) is 37.6. The van der Waals surface area contributed by atoms with Crippen LogP contribution in [0.3, 0.4) is 0 Å². The van der Waals surface area contributed by atoms with E-state index in [1.807, 2.05) is 19.9 Å². The van der Waals surface area contributed by atoms with Gasteiger partial charge in [0.1, 0.15) is 17.5 Å². The third-order valence-corrected chi connectivity index (χ3v) is 4.80. The van der Waals surface area contributed by atoms with Crippen LogP contribution in [0.15, 0.2) is 42.5 Å². The lowest BCUT2D eigenvalue weighted by molar-refractivity contribution is -0.385. The number of nitrogens with zero attached hydrogens (tertiary/aromatic N) is 2. The highest BCUT2D eigenvalue weighted by molar-refractivity contribution is 5.88. The second-order valence-electron chi connectivity index (χ2n) is 7.59. The van der Waals surface area contributed by atoms with E-state index in [-0.39, 0.29) is 42.3 Å². The van der Waals surface area contributed by atoms with Crippen LogP contribution in [-0.2, 0) is 16.1 Å². The molecule has 0 unspecified atom stereocenters. The molecule has 0 saturated heterocycles. The number of nitrogens with one attached hydrogen (secondary N) is 1. The van der Waals surface area contributed by atoms with E-state index in [4.69, 9.17) is 14.2 Å². The Labute approximate surface area is 192 Å². The zero-order valence-corrected chi connectivity index (χ0v) is 19.4. The average Bonchev–Trinajstić information content (AvgIpc) is 2.79. The summed E-state index contributed by atoms with van der Waals surface area (Å²) in [5.41, 5.74) is 0.568. The second kappa shape index (κ2) is 11.7. The number of rotatable bonds is 11. The normalized spacial score (nSPS) is 11.5. The summed E-state index contributed by atoms with van der Waals surface area (Å²) in [5.74, 6) is 0.155. The molecule has 33 heavy (non-hydrogen) atoms. The highest BCUT2D eigenvalue weighted by Crippen LogP contribution is 2.30. The van der Waals surface area contributed by atoms with Gasteiger partial charge in [0.25, 0.3) is 5.91 Å². The number of ether oxygens (including phenoxy) is 3. The zero-order valence-electron chi connectivity index (χ0n) is 19.4. The first kappa shape index (κ1) is 25.4. The summed E-state index contributed by atoms with van der Waals surface area (Å²) in [5, 5.41) is 13.9. The summed E-state index contributed by atoms with van der Waals surface area (Å²) < 4.78 is 15.8. The molecule has 2 rings (SSSR count). The van der Waals surface area contributed by atoms with Crippen molar-refractivity contribution in [3.05, 3.63) is 58.1 Å². The Kier molecular flexibility index (Phi) is 9.02. The van der Waals surface area contributed by atoms with Crippen molar-refractivity contribution in [1.82, 2.24) is 10.2 Å². The molecule has 0 aliphatic rings. The molecule has 0 aromatic heterocycles. The van der Waals surface area contributed by atoms with Gasteiger partial charge < -0.3 is 24.4 Å². The fourth-order valence-corrected chi connectivity index (χ4v) is 3.08. The van der Waals surface area contributed by atoms with Crippen LogP contribution >= 0.6 is 0 Å². The predicted molar refractivity (Wildman–Crippen MR) is 121 cm³/mol. The first-order chi connectivity index (χ1) is 15.7. The van der Waals surface area contributed by atoms with Crippen LogP contribution in [0.4, 0.5) is 5.69 Å². The smallest absolute Gasteiger partial charge is 0.311 e. The second-order valence-corrected chi connectivity index (χ2v) is 7.59. The molecule has 2 aromatic rings. The number of carbonyl (C=O) groups is 2. The molecular weight excluding hydrogens is 430 g/mol. The first-order valence-corrected chi connectivity index (χ1v) is 10.3. The van der Waals surface area contributed by atoms with Crippen molar-refractivity contribution in [2.75, 3.05) is 20.8 Å².